The molecule has 0 radical (unpaired) electrons. The van der Waals surface area contributed by atoms with Crippen molar-refractivity contribution in [1.29, 1.82) is 0 Å². The Morgan fingerprint density at radius 2 is 1.19 bits per heavy atom. The van der Waals surface area contributed by atoms with E-state index in [1.807, 2.05) is 12.1 Å². The number of fused-ring (bicyclic) bond motifs is 2. The molecular formula is C23H20Cl2N2. The van der Waals surface area contributed by atoms with Gasteiger partial charge in [-0.25, -0.2) is 4.98 Å². The van der Waals surface area contributed by atoms with Crippen molar-refractivity contribution in [1.82, 2.24) is 4.98 Å². The number of benzene rings is 3. The standard InChI is InChI=1S/C23H20Cl2N2/c24-13-15-27(16-14-25)18-11-9-17(10-12-18)23-19-5-1-3-7-21(19)26-22-8-4-2-6-20(22)23/h1-12H,13-16H2. The first-order chi connectivity index (χ1) is 13.3. The Labute approximate surface area is 169 Å². The number of nitrogens with zero attached hydrogens (tertiary/aromatic N) is 2. The summed E-state index contributed by atoms with van der Waals surface area (Å²) in [4.78, 5) is 7.04. The van der Waals surface area contributed by atoms with E-state index in [0.717, 1.165) is 29.8 Å². The lowest BCUT2D eigenvalue weighted by atomic mass is 9.96. The third kappa shape index (κ3) is 3.60. The molecule has 2 nitrogen and oxygen atoms in total. The van der Waals surface area contributed by atoms with E-state index in [1.165, 1.54) is 21.9 Å². The van der Waals surface area contributed by atoms with Crippen LogP contribution in [0.4, 0.5) is 5.69 Å². The van der Waals surface area contributed by atoms with Crippen LogP contribution in [-0.4, -0.2) is 29.8 Å². The van der Waals surface area contributed by atoms with Crippen LogP contribution < -0.4 is 4.90 Å². The van der Waals surface area contributed by atoms with Crippen molar-refractivity contribution in [2.75, 3.05) is 29.7 Å². The number of aromatic nitrogens is 1. The first-order valence-electron chi connectivity index (χ1n) is 9.06. The molecule has 4 aromatic rings. The Hall–Kier alpha value is -2.29. The Balaban J connectivity index is 1.86. The molecule has 1 heterocycles. The molecule has 0 atom stereocenters. The second kappa shape index (κ2) is 8.16. The van der Waals surface area contributed by atoms with Gasteiger partial charge >= 0.3 is 0 Å². The van der Waals surface area contributed by atoms with Gasteiger partial charge in [0.15, 0.2) is 0 Å². The molecule has 0 amide bonds. The van der Waals surface area contributed by atoms with Crippen molar-refractivity contribution in [3.8, 4) is 11.1 Å². The van der Waals surface area contributed by atoms with Crippen molar-refractivity contribution in [3.05, 3.63) is 72.8 Å². The molecule has 0 aliphatic heterocycles. The summed E-state index contributed by atoms with van der Waals surface area (Å²) in [5.74, 6) is 1.16. The third-order valence-corrected chi connectivity index (χ3v) is 5.16. The van der Waals surface area contributed by atoms with Gasteiger partial charge in [0.1, 0.15) is 0 Å². The van der Waals surface area contributed by atoms with Gasteiger partial charge in [0, 0.05) is 46.9 Å². The van der Waals surface area contributed by atoms with Crippen LogP contribution in [0.15, 0.2) is 72.8 Å². The highest BCUT2D eigenvalue weighted by Crippen LogP contribution is 2.35. The lowest BCUT2D eigenvalue weighted by Crippen LogP contribution is -2.27. The third-order valence-electron chi connectivity index (χ3n) is 4.82. The van der Waals surface area contributed by atoms with Gasteiger partial charge in [0.2, 0.25) is 0 Å². The molecule has 4 rings (SSSR count). The summed E-state index contributed by atoms with van der Waals surface area (Å²) in [6.45, 7) is 1.57. The predicted octanol–water partition coefficient (Wildman–Crippen LogP) is 6.34. The predicted molar refractivity (Wildman–Crippen MR) is 118 cm³/mol. The maximum atomic E-state index is 5.95. The first-order valence-corrected chi connectivity index (χ1v) is 10.1. The molecule has 0 bridgehead atoms. The van der Waals surface area contributed by atoms with Crippen LogP contribution in [-0.2, 0) is 0 Å². The van der Waals surface area contributed by atoms with Crippen molar-refractivity contribution in [3.63, 3.8) is 0 Å². The van der Waals surface area contributed by atoms with Crippen LogP contribution in [0.5, 0.6) is 0 Å². The van der Waals surface area contributed by atoms with Crippen molar-refractivity contribution < 1.29 is 0 Å². The quantitative estimate of drug-likeness (QED) is 0.280. The van der Waals surface area contributed by atoms with Gasteiger partial charge in [-0.1, -0.05) is 48.5 Å². The van der Waals surface area contributed by atoms with Gasteiger partial charge in [0.05, 0.1) is 11.0 Å². The lowest BCUT2D eigenvalue weighted by Gasteiger charge is -2.23. The minimum atomic E-state index is 0.582. The summed E-state index contributed by atoms with van der Waals surface area (Å²) in [6, 6.07) is 25.3. The van der Waals surface area contributed by atoms with Gasteiger partial charge < -0.3 is 4.90 Å². The molecule has 3 aromatic carbocycles. The Morgan fingerprint density at radius 3 is 1.70 bits per heavy atom. The molecule has 4 heteroatoms. The number of pyridine rings is 1. The van der Waals surface area contributed by atoms with Crippen LogP contribution in [0, 0.1) is 0 Å². The highest BCUT2D eigenvalue weighted by molar-refractivity contribution is 6.18. The van der Waals surface area contributed by atoms with E-state index in [0.29, 0.717) is 11.8 Å². The van der Waals surface area contributed by atoms with Crippen LogP contribution in [0.25, 0.3) is 32.9 Å². The number of alkyl halides is 2. The monoisotopic (exact) mass is 394 g/mol. The number of para-hydroxylation sites is 2. The molecule has 27 heavy (non-hydrogen) atoms. The zero-order chi connectivity index (χ0) is 18.6. The number of halogens is 2. The van der Waals surface area contributed by atoms with Crippen molar-refractivity contribution in [2.45, 2.75) is 0 Å². The second-order valence-electron chi connectivity index (χ2n) is 6.43. The maximum Gasteiger partial charge on any atom is 0.0715 e. The van der Waals surface area contributed by atoms with Crippen LogP contribution in [0.2, 0.25) is 0 Å². The molecule has 0 aliphatic rings. The van der Waals surface area contributed by atoms with Crippen molar-refractivity contribution in [2.24, 2.45) is 0 Å². The number of rotatable bonds is 6. The van der Waals surface area contributed by atoms with E-state index in [9.17, 15) is 0 Å². The van der Waals surface area contributed by atoms with Gasteiger partial charge in [-0.15, -0.1) is 23.2 Å². The summed E-state index contributed by atoms with van der Waals surface area (Å²) in [7, 11) is 0. The number of hydrogen-bond donors (Lipinski definition) is 0. The topological polar surface area (TPSA) is 16.1 Å². The average molecular weight is 395 g/mol. The van der Waals surface area contributed by atoms with Crippen LogP contribution in [0.1, 0.15) is 0 Å². The number of hydrogen-bond acceptors (Lipinski definition) is 2. The molecule has 0 unspecified atom stereocenters. The fourth-order valence-electron chi connectivity index (χ4n) is 3.56. The minimum absolute atomic E-state index is 0.582. The van der Waals surface area contributed by atoms with Gasteiger partial charge in [-0.2, -0.15) is 0 Å². The van der Waals surface area contributed by atoms with Gasteiger partial charge in [-0.05, 0) is 29.8 Å². The summed E-state index contributed by atoms with van der Waals surface area (Å²) in [5.41, 5.74) is 5.58. The molecule has 1 aromatic heterocycles. The van der Waals surface area contributed by atoms with Crippen LogP contribution >= 0.6 is 23.2 Å². The second-order valence-corrected chi connectivity index (χ2v) is 7.19. The summed E-state index contributed by atoms with van der Waals surface area (Å²) >= 11 is 11.9. The van der Waals surface area contributed by atoms with E-state index in [-0.39, 0.29) is 0 Å². The van der Waals surface area contributed by atoms with Gasteiger partial charge in [-0.3, -0.25) is 0 Å². The largest absolute Gasteiger partial charge is 0.369 e. The fraction of sp³-hybridized carbons (Fsp3) is 0.174. The summed E-state index contributed by atoms with van der Waals surface area (Å²) in [5, 5.41) is 2.34. The molecular weight excluding hydrogens is 375 g/mol. The molecule has 0 fully saturated rings. The Kier molecular flexibility index (Phi) is 5.47. The highest BCUT2D eigenvalue weighted by Gasteiger charge is 2.12. The zero-order valence-electron chi connectivity index (χ0n) is 14.9. The molecule has 0 spiro atoms. The SMILES string of the molecule is ClCCN(CCCl)c1ccc(-c2c3ccccc3nc3ccccc23)cc1. The maximum absolute atomic E-state index is 5.95. The van der Waals surface area contributed by atoms with E-state index in [2.05, 4.69) is 65.6 Å². The average Bonchev–Trinajstić information content (AvgIpc) is 2.72. The molecule has 136 valence electrons. The van der Waals surface area contributed by atoms with Crippen molar-refractivity contribution >= 4 is 50.7 Å². The first kappa shape index (κ1) is 18.1. The molecule has 0 N–H and O–H groups in total. The van der Waals surface area contributed by atoms with E-state index in [4.69, 9.17) is 28.2 Å². The van der Waals surface area contributed by atoms with E-state index in [1.54, 1.807) is 0 Å². The van der Waals surface area contributed by atoms with E-state index < -0.39 is 0 Å². The van der Waals surface area contributed by atoms with Gasteiger partial charge in [0.25, 0.3) is 0 Å². The Bertz CT molecular complexity index is 1000. The molecule has 0 saturated heterocycles. The lowest BCUT2D eigenvalue weighted by molar-refractivity contribution is 0.874. The molecule has 0 aliphatic carbocycles. The summed E-state index contributed by atoms with van der Waals surface area (Å²) in [6.07, 6.45) is 0. The normalized spacial score (nSPS) is 11.2. The molecule has 0 saturated carbocycles. The van der Waals surface area contributed by atoms with E-state index >= 15 is 0 Å². The minimum Gasteiger partial charge on any atom is -0.369 e. The zero-order valence-corrected chi connectivity index (χ0v) is 16.4. The van der Waals surface area contributed by atoms with Crippen LogP contribution in [0.3, 0.4) is 0 Å². The number of anilines is 1. The smallest absolute Gasteiger partial charge is 0.0715 e. The summed E-state index contributed by atoms with van der Waals surface area (Å²) < 4.78 is 0. The highest BCUT2D eigenvalue weighted by atomic mass is 35.5. The Morgan fingerprint density at radius 1 is 0.667 bits per heavy atom. The fourth-order valence-corrected chi connectivity index (χ4v) is 3.97.